The second-order valence-electron chi connectivity index (χ2n) is 6.07. The molecule has 0 aliphatic rings. The number of para-hydroxylation sites is 1. The van der Waals surface area contributed by atoms with Gasteiger partial charge in [-0.3, -0.25) is 9.59 Å². The highest BCUT2D eigenvalue weighted by molar-refractivity contribution is 7.16. The van der Waals surface area contributed by atoms with Crippen molar-refractivity contribution in [3.8, 4) is 5.75 Å². The van der Waals surface area contributed by atoms with Crippen molar-refractivity contribution in [3.05, 3.63) is 58.4 Å². The first kappa shape index (κ1) is 20.7. The molecule has 0 saturated heterocycles. The van der Waals surface area contributed by atoms with Gasteiger partial charge >= 0.3 is 5.97 Å². The lowest BCUT2D eigenvalue weighted by molar-refractivity contribution is -0.143. The van der Waals surface area contributed by atoms with Crippen molar-refractivity contribution in [1.29, 1.82) is 0 Å². The van der Waals surface area contributed by atoms with Gasteiger partial charge in [0.1, 0.15) is 18.1 Å². The Balaban J connectivity index is 1.96. The Morgan fingerprint density at radius 1 is 1.21 bits per heavy atom. The van der Waals surface area contributed by atoms with E-state index in [0.717, 1.165) is 23.0 Å². The Kier molecular flexibility index (Phi) is 6.38. The van der Waals surface area contributed by atoms with E-state index in [1.54, 1.807) is 19.1 Å². The predicted octanol–water partition coefficient (Wildman–Crippen LogP) is 3.36. The SMILES string of the molecule is CCOC(=O)Cn1c(=NC(=O)COc2ccccc2C)sc2cc(F)cc(F)c21. The molecule has 0 unspecified atom stereocenters. The number of amides is 1. The normalized spacial score (nSPS) is 11.7. The minimum absolute atomic E-state index is 0.0178. The highest BCUT2D eigenvalue weighted by atomic mass is 32.1. The van der Waals surface area contributed by atoms with Gasteiger partial charge in [-0.15, -0.1) is 0 Å². The fourth-order valence-corrected chi connectivity index (χ4v) is 3.78. The van der Waals surface area contributed by atoms with Gasteiger partial charge in [-0.2, -0.15) is 4.99 Å². The van der Waals surface area contributed by atoms with Crippen LogP contribution in [0, 0.1) is 18.6 Å². The van der Waals surface area contributed by atoms with E-state index in [1.165, 1.54) is 4.57 Å². The van der Waals surface area contributed by atoms with Crippen LogP contribution in [0.4, 0.5) is 8.78 Å². The Morgan fingerprint density at radius 3 is 2.69 bits per heavy atom. The van der Waals surface area contributed by atoms with Crippen molar-refractivity contribution in [2.75, 3.05) is 13.2 Å². The van der Waals surface area contributed by atoms with Gasteiger partial charge in [0, 0.05) is 6.07 Å². The van der Waals surface area contributed by atoms with Crippen LogP contribution in [-0.2, 0) is 20.9 Å². The largest absolute Gasteiger partial charge is 0.483 e. The van der Waals surface area contributed by atoms with E-state index in [1.807, 2.05) is 19.1 Å². The van der Waals surface area contributed by atoms with E-state index in [-0.39, 0.29) is 34.8 Å². The molecule has 6 nitrogen and oxygen atoms in total. The van der Waals surface area contributed by atoms with Crippen molar-refractivity contribution in [2.24, 2.45) is 4.99 Å². The summed E-state index contributed by atoms with van der Waals surface area (Å²) in [5.74, 6) is -2.33. The molecule has 1 amide bonds. The number of esters is 1. The predicted molar refractivity (Wildman–Crippen MR) is 104 cm³/mol. The van der Waals surface area contributed by atoms with Crippen molar-refractivity contribution in [3.63, 3.8) is 0 Å². The van der Waals surface area contributed by atoms with Gasteiger partial charge in [0.05, 0.1) is 16.8 Å². The van der Waals surface area contributed by atoms with Crippen molar-refractivity contribution in [2.45, 2.75) is 20.4 Å². The van der Waals surface area contributed by atoms with Gasteiger partial charge in [-0.1, -0.05) is 29.5 Å². The van der Waals surface area contributed by atoms with Crippen LogP contribution in [0.5, 0.6) is 5.75 Å². The van der Waals surface area contributed by atoms with Gasteiger partial charge < -0.3 is 14.0 Å². The van der Waals surface area contributed by atoms with Crippen LogP contribution in [0.1, 0.15) is 12.5 Å². The molecule has 0 spiro atoms. The number of hydrogen-bond acceptors (Lipinski definition) is 5. The zero-order valence-electron chi connectivity index (χ0n) is 15.8. The third kappa shape index (κ3) is 4.86. The van der Waals surface area contributed by atoms with Crippen molar-refractivity contribution in [1.82, 2.24) is 4.57 Å². The summed E-state index contributed by atoms with van der Waals surface area (Å²) in [6, 6.07) is 9.02. The van der Waals surface area contributed by atoms with Gasteiger partial charge in [0.15, 0.2) is 17.2 Å². The molecule has 0 bridgehead atoms. The standard InChI is InChI=1S/C20H18F2N2O4S/c1-3-27-18(26)10-24-19-14(22)8-13(21)9-16(19)29-20(24)23-17(25)11-28-15-7-5-4-6-12(15)2/h4-9H,3,10-11H2,1-2H3. The number of rotatable bonds is 6. The van der Waals surface area contributed by atoms with Crippen LogP contribution in [0.15, 0.2) is 41.4 Å². The van der Waals surface area contributed by atoms with Gasteiger partial charge in [-0.05, 0) is 31.5 Å². The van der Waals surface area contributed by atoms with E-state index in [2.05, 4.69) is 4.99 Å². The average molecular weight is 420 g/mol. The van der Waals surface area contributed by atoms with Crippen molar-refractivity contribution < 1.29 is 27.8 Å². The number of benzene rings is 2. The number of aryl methyl sites for hydroxylation is 1. The zero-order chi connectivity index (χ0) is 21.0. The van der Waals surface area contributed by atoms with Crippen LogP contribution in [-0.4, -0.2) is 29.7 Å². The Hall–Kier alpha value is -3.07. The number of ether oxygens (including phenoxy) is 2. The monoisotopic (exact) mass is 420 g/mol. The lowest BCUT2D eigenvalue weighted by Gasteiger charge is -2.07. The molecule has 2 aromatic carbocycles. The van der Waals surface area contributed by atoms with E-state index in [0.29, 0.717) is 11.8 Å². The number of thiazole rings is 1. The molecular weight excluding hydrogens is 402 g/mol. The summed E-state index contributed by atoms with van der Waals surface area (Å²) < 4.78 is 39.7. The molecule has 0 atom stereocenters. The fraction of sp³-hybridized carbons (Fsp3) is 0.250. The smallest absolute Gasteiger partial charge is 0.326 e. The molecule has 152 valence electrons. The van der Waals surface area contributed by atoms with Crippen LogP contribution < -0.4 is 9.54 Å². The molecule has 0 aliphatic heterocycles. The fourth-order valence-electron chi connectivity index (χ4n) is 2.69. The first-order chi connectivity index (χ1) is 13.9. The van der Waals surface area contributed by atoms with Gasteiger partial charge in [0.2, 0.25) is 0 Å². The summed E-state index contributed by atoms with van der Waals surface area (Å²) in [4.78, 5) is 28.2. The van der Waals surface area contributed by atoms with Crippen LogP contribution in [0.25, 0.3) is 10.2 Å². The summed E-state index contributed by atoms with van der Waals surface area (Å²) in [6.45, 7) is 2.93. The summed E-state index contributed by atoms with van der Waals surface area (Å²) in [5, 5.41) is 0. The topological polar surface area (TPSA) is 69.9 Å². The summed E-state index contributed by atoms with van der Waals surface area (Å²) in [5.41, 5.74) is 0.841. The second-order valence-corrected chi connectivity index (χ2v) is 7.08. The molecule has 9 heteroatoms. The van der Waals surface area contributed by atoms with E-state index >= 15 is 0 Å². The first-order valence-corrected chi connectivity index (χ1v) is 9.60. The molecule has 1 aromatic heterocycles. The molecule has 0 aliphatic carbocycles. The van der Waals surface area contributed by atoms with Crippen molar-refractivity contribution >= 4 is 33.4 Å². The molecule has 3 aromatic rings. The zero-order valence-corrected chi connectivity index (χ0v) is 16.6. The third-order valence-corrected chi connectivity index (χ3v) is 4.98. The number of aromatic nitrogens is 1. The van der Waals surface area contributed by atoms with Crippen LogP contribution in [0.2, 0.25) is 0 Å². The summed E-state index contributed by atoms with van der Waals surface area (Å²) in [7, 11) is 0. The van der Waals surface area contributed by atoms with Crippen LogP contribution in [0.3, 0.4) is 0 Å². The molecular formula is C20H18F2N2O4S. The Morgan fingerprint density at radius 2 is 1.97 bits per heavy atom. The molecule has 0 fully saturated rings. The van der Waals surface area contributed by atoms with Crippen LogP contribution >= 0.6 is 11.3 Å². The first-order valence-electron chi connectivity index (χ1n) is 8.79. The molecule has 3 rings (SSSR count). The van der Waals surface area contributed by atoms with E-state index in [4.69, 9.17) is 9.47 Å². The number of hydrogen-bond donors (Lipinski definition) is 0. The maximum Gasteiger partial charge on any atom is 0.326 e. The third-order valence-electron chi connectivity index (χ3n) is 3.95. The second kappa shape index (κ2) is 8.95. The summed E-state index contributed by atoms with van der Waals surface area (Å²) >= 11 is 0.898. The molecule has 29 heavy (non-hydrogen) atoms. The van der Waals surface area contributed by atoms with Gasteiger partial charge in [-0.25, -0.2) is 8.78 Å². The molecule has 0 N–H and O–H groups in total. The minimum Gasteiger partial charge on any atom is -0.483 e. The average Bonchev–Trinajstić information content (AvgIpc) is 2.98. The highest BCUT2D eigenvalue weighted by Gasteiger charge is 2.17. The highest BCUT2D eigenvalue weighted by Crippen LogP contribution is 2.22. The minimum atomic E-state index is -0.856. The maximum absolute atomic E-state index is 14.4. The Bertz CT molecular complexity index is 1140. The lowest BCUT2D eigenvalue weighted by atomic mass is 10.2. The number of nitrogens with zero attached hydrogens (tertiary/aromatic N) is 2. The number of halogens is 2. The molecule has 0 saturated carbocycles. The van der Waals surface area contributed by atoms with E-state index < -0.39 is 23.5 Å². The quantitative estimate of drug-likeness (QED) is 0.574. The molecule has 1 heterocycles. The van der Waals surface area contributed by atoms with Gasteiger partial charge in [0.25, 0.3) is 5.91 Å². The number of fused-ring (bicyclic) bond motifs is 1. The summed E-state index contributed by atoms with van der Waals surface area (Å²) in [6.07, 6.45) is 0. The Labute approximate surface area is 169 Å². The van der Waals surface area contributed by atoms with E-state index in [9.17, 15) is 18.4 Å². The number of carbonyl (C=O) groups is 2. The maximum atomic E-state index is 14.4. The lowest BCUT2D eigenvalue weighted by Crippen LogP contribution is -2.24. The molecule has 0 radical (unpaired) electrons. The number of carbonyl (C=O) groups excluding carboxylic acids is 2.